The molecule has 2 aromatic rings. The third-order valence-electron chi connectivity index (χ3n) is 4.52. The largest absolute Gasteiger partial charge is 0.387 e. The molecule has 4 heteroatoms. The number of benzene rings is 2. The minimum atomic E-state index is -0.574. The highest BCUT2D eigenvalue weighted by Gasteiger charge is 2.24. The molecule has 24 heavy (non-hydrogen) atoms. The molecule has 2 atom stereocenters. The minimum absolute atomic E-state index is 0.275. The number of halogens is 1. The van der Waals surface area contributed by atoms with Crippen LogP contribution in [0.3, 0.4) is 0 Å². The number of ether oxygens (including phenoxy) is 1. The first kappa shape index (κ1) is 17.1. The molecular formula is C20H24FNO2. The van der Waals surface area contributed by atoms with Gasteiger partial charge < -0.3 is 14.7 Å². The van der Waals surface area contributed by atoms with Crippen molar-refractivity contribution >= 4 is 0 Å². The summed E-state index contributed by atoms with van der Waals surface area (Å²) >= 11 is 0. The summed E-state index contributed by atoms with van der Waals surface area (Å²) in [6, 6.07) is 16.3. The maximum atomic E-state index is 12.9. The highest BCUT2D eigenvalue weighted by atomic mass is 19.1. The normalized spacial score (nSPS) is 19.5. The second kappa shape index (κ2) is 8.38. The fourth-order valence-electron chi connectivity index (χ4n) is 3.17. The fraction of sp³-hybridized carbons (Fsp3) is 0.400. The van der Waals surface area contributed by atoms with E-state index in [-0.39, 0.29) is 5.82 Å². The van der Waals surface area contributed by atoms with Crippen LogP contribution in [0.4, 0.5) is 4.39 Å². The number of hydrogen-bond donors (Lipinski definition) is 1. The van der Waals surface area contributed by atoms with Crippen LogP contribution in [0.5, 0.6) is 0 Å². The number of hydrogen-bond acceptors (Lipinski definition) is 3. The molecule has 0 bridgehead atoms. The fourth-order valence-corrected chi connectivity index (χ4v) is 3.17. The molecule has 128 valence electrons. The number of aliphatic hydroxyl groups is 1. The van der Waals surface area contributed by atoms with E-state index in [4.69, 9.17) is 4.74 Å². The Hall–Kier alpha value is -1.75. The first-order valence-corrected chi connectivity index (χ1v) is 8.48. The predicted octanol–water partition coefficient (Wildman–Crippen LogP) is 3.40. The molecule has 1 heterocycles. The molecule has 0 aliphatic carbocycles. The van der Waals surface area contributed by atoms with Gasteiger partial charge in [0, 0.05) is 13.1 Å². The van der Waals surface area contributed by atoms with E-state index >= 15 is 0 Å². The van der Waals surface area contributed by atoms with Crippen LogP contribution in [0.1, 0.15) is 23.7 Å². The van der Waals surface area contributed by atoms with Crippen LogP contribution in [0.25, 0.3) is 0 Å². The number of nitrogens with zero attached hydrogens (tertiary/aromatic N) is 1. The summed E-state index contributed by atoms with van der Waals surface area (Å²) in [6.45, 7) is 3.89. The molecule has 0 saturated carbocycles. The van der Waals surface area contributed by atoms with E-state index in [1.54, 1.807) is 12.1 Å². The molecule has 3 rings (SSSR count). The van der Waals surface area contributed by atoms with Crippen molar-refractivity contribution < 1.29 is 14.2 Å². The number of β-amino-alcohol motifs (C(OH)–C–C–N with tert-alkyl or cyclic N) is 1. The van der Waals surface area contributed by atoms with Crippen LogP contribution in [0, 0.1) is 11.7 Å². The second-order valence-corrected chi connectivity index (χ2v) is 6.48. The van der Waals surface area contributed by atoms with Crippen molar-refractivity contribution in [3.63, 3.8) is 0 Å². The van der Waals surface area contributed by atoms with Gasteiger partial charge in [-0.3, -0.25) is 0 Å². The summed E-state index contributed by atoms with van der Waals surface area (Å²) < 4.78 is 18.8. The molecule has 1 aliphatic rings. The summed E-state index contributed by atoms with van der Waals surface area (Å²) in [7, 11) is 0. The Balaban J connectivity index is 1.39. The lowest BCUT2D eigenvalue weighted by Crippen LogP contribution is -2.27. The molecule has 0 amide bonds. The highest BCUT2D eigenvalue weighted by Crippen LogP contribution is 2.21. The Morgan fingerprint density at radius 2 is 1.88 bits per heavy atom. The monoisotopic (exact) mass is 329 g/mol. The topological polar surface area (TPSA) is 32.7 Å². The molecule has 1 aliphatic heterocycles. The average Bonchev–Trinajstić information content (AvgIpc) is 3.04. The molecule has 0 radical (unpaired) electrons. The van der Waals surface area contributed by atoms with Gasteiger partial charge in [-0.2, -0.15) is 0 Å². The van der Waals surface area contributed by atoms with E-state index in [1.807, 2.05) is 18.2 Å². The summed E-state index contributed by atoms with van der Waals surface area (Å²) in [5.74, 6) is 0.233. The molecule has 2 unspecified atom stereocenters. The first-order valence-electron chi connectivity index (χ1n) is 8.48. The van der Waals surface area contributed by atoms with Crippen LogP contribution in [0.2, 0.25) is 0 Å². The Kier molecular flexibility index (Phi) is 5.96. The van der Waals surface area contributed by atoms with E-state index in [2.05, 4.69) is 17.0 Å². The van der Waals surface area contributed by atoms with Gasteiger partial charge in [-0.1, -0.05) is 42.5 Å². The standard InChI is InChI=1S/C20H24FNO2/c21-19-8-6-18(7-9-19)20(23)13-22-11-10-17(12-22)15-24-14-16-4-2-1-3-5-16/h1-9,17,20,23H,10-15H2. The van der Waals surface area contributed by atoms with Gasteiger partial charge in [0.25, 0.3) is 0 Å². The molecule has 1 N–H and O–H groups in total. The van der Waals surface area contributed by atoms with Gasteiger partial charge in [0.2, 0.25) is 0 Å². The van der Waals surface area contributed by atoms with Crippen molar-refractivity contribution in [2.24, 2.45) is 5.92 Å². The summed E-state index contributed by atoms with van der Waals surface area (Å²) in [4.78, 5) is 2.25. The SMILES string of the molecule is OC(CN1CCC(COCc2ccccc2)C1)c1ccc(F)cc1. The highest BCUT2D eigenvalue weighted by molar-refractivity contribution is 5.18. The lowest BCUT2D eigenvalue weighted by atomic mass is 10.1. The Morgan fingerprint density at radius 1 is 1.12 bits per heavy atom. The van der Waals surface area contributed by atoms with E-state index < -0.39 is 6.10 Å². The van der Waals surface area contributed by atoms with Crippen molar-refractivity contribution in [1.82, 2.24) is 4.90 Å². The number of aliphatic hydroxyl groups excluding tert-OH is 1. The molecule has 1 saturated heterocycles. The number of likely N-dealkylation sites (tertiary alicyclic amines) is 1. The van der Waals surface area contributed by atoms with Crippen molar-refractivity contribution in [2.75, 3.05) is 26.2 Å². The van der Waals surface area contributed by atoms with E-state index in [1.165, 1.54) is 17.7 Å². The Morgan fingerprint density at radius 3 is 2.62 bits per heavy atom. The van der Waals surface area contributed by atoms with Crippen LogP contribution in [0.15, 0.2) is 54.6 Å². The zero-order chi connectivity index (χ0) is 16.8. The van der Waals surface area contributed by atoms with Crippen molar-refractivity contribution in [2.45, 2.75) is 19.1 Å². The molecule has 0 aromatic heterocycles. The number of rotatable bonds is 7. The predicted molar refractivity (Wildman–Crippen MR) is 92.0 cm³/mol. The lowest BCUT2D eigenvalue weighted by molar-refractivity contribution is 0.0830. The molecular weight excluding hydrogens is 305 g/mol. The first-order chi connectivity index (χ1) is 11.7. The van der Waals surface area contributed by atoms with Crippen LogP contribution >= 0.6 is 0 Å². The van der Waals surface area contributed by atoms with Crippen LogP contribution < -0.4 is 0 Å². The van der Waals surface area contributed by atoms with E-state index in [0.717, 1.165) is 31.7 Å². The van der Waals surface area contributed by atoms with Crippen molar-refractivity contribution in [3.8, 4) is 0 Å². The Labute approximate surface area is 142 Å². The van der Waals surface area contributed by atoms with Gasteiger partial charge in [0.05, 0.1) is 19.3 Å². The average molecular weight is 329 g/mol. The van der Waals surface area contributed by atoms with Gasteiger partial charge >= 0.3 is 0 Å². The molecule has 3 nitrogen and oxygen atoms in total. The lowest BCUT2D eigenvalue weighted by Gasteiger charge is -2.20. The van der Waals surface area contributed by atoms with Crippen molar-refractivity contribution in [1.29, 1.82) is 0 Å². The quantitative estimate of drug-likeness (QED) is 0.845. The Bertz CT molecular complexity index is 617. The van der Waals surface area contributed by atoms with Crippen LogP contribution in [-0.2, 0) is 11.3 Å². The molecule has 0 spiro atoms. The molecule has 1 fully saturated rings. The smallest absolute Gasteiger partial charge is 0.123 e. The zero-order valence-electron chi connectivity index (χ0n) is 13.8. The third-order valence-corrected chi connectivity index (χ3v) is 4.52. The molecule has 2 aromatic carbocycles. The summed E-state index contributed by atoms with van der Waals surface area (Å²) in [5, 5.41) is 10.3. The van der Waals surface area contributed by atoms with Crippen molar-refractivity contribution in [3.05, 3.63) is 71.5 Å². The minimum Gasteiger partial charge on any atom is -0.387 e. The van der Waals surface area contributed by atoms with Gasteiger partial charge in [0.1, 0.15) is 5.82 Å². The maximum Gasteiger partial charge on any atom is 0.123 e. The van der Waals surface area contributed by atoms with Gasteiger partial charge in [-0.05, 0) is 42.1 Å². The van der Waals surface area contributed by atoms with Gasteiger partial charge in [-0.15, -0.1) is 0 Å². The summed E-state index contributed by atoms with van der Waals surface area (Å²) in [6.07, 6.45) is 0.514. The third kappa shape index (κ3) is 4.87. The maximum absolute atomic E-state index is 12.9. The van der Waals surface area contributed by atoms with E-state index in [9.17, 15) is 9.50 Å². The zero-order valence-corrected chi connectivity index (χ0v) is 13.8. The van der Waals surface area contributed by atoms with Gasteiger partial charge in [0.15, 0.2) is 0 Å². The van der Waals surface area contributed by atoms with Crippen LogP contribution in [-0.4, -0.2) is 36.2 Å². The summed E-state index contributed by atoms with van der Waals surface area (Å²) in [5.41, 5.74) is 1.96. The van der Waals surface area contributed by atoms with Gasteiger partial charge in [-0.25, -0.2) is 4.39 Å². The van der Waals surface area contributed by atoms with E-state index in [0.29, 0.717) is 19.1 Å². The second-order valence-electron chi connectivity index (χ2n) is 6.48.